The van der Waals surface area contributed by atoms with Crippen molar-refractivity contribution in [1.29, 1.82) is 0 Å². The number of amides is 1. The van der Waals surface area contributed by atoms with Gasteiger partial charge in [-0.1, -0.05) is 18.2 Å². The topological polar surface area (TPSA) is 46.4 Å². The number of aromatic nitrogens is 1. The summed E-state index contributed by atoms with van der Waals surface area (Å²) in [6.45, 7) is 6.32. The number of fused-ring (bicyclic) bond motifs is 1. The minimum atomic E-state index is -0.378. The van der Waals surface area contributed by atoms with Crippen LogP contribution in [0.4, 0.5) is 4.39 Å². The largest absolute Gasteiger partial charge is 0.342 e. The van der Waals surface area contributed by atoms with Gasteiger partial charge in [0.1, 0.15) is 5.82 Å². The molecule has 0 aliphatic rings. The predicted molar refractivity (Wildman–Crippen MR) is 98.5 cm³/mol. The van der Waals surface area contributed by atoms with E-state index in [4.69, 9.17) is 0 Å². The van der Waals surface area contributed by atoms with Crippen molar-refractivity contribution in [1.82, 2.24) is 9.99 Å². The van der Waals surface area contributed by atoms with Crippen molar-refractivity contribution in [2.75, 3.05) is 0 Å². The van der Waals surface area contributed by atoms with E-state index >= 15 is 0 Å². The quantitative estimate of drug-likeness (QED) is 0.555. The summed E-state index contributed by atoms with van der Waals surface area (Å²) >= 11 is 0. The van der Waals surface area contributed by atoms with Gasteiger partial charge in [-0.2, -0.15) is 5.10 Å². The van der Waals surface area contributed by atoms with Crippen molar-refractivity contribution >= 4 is 23.0 Å². The Morgan fingerprint density at radius 3 is 2.52 bits per heavy atom. The summed E-state index contributed by atoms with van der Waals surface area (Å²) in [5, 5.41) is 5.18. The van der Waals surface area contributed by atoms with Crippen LogP contribution in [0.2, 0.25) is 0 Å². The number of benzene rings is 2. The van der Waals surface area contributed by atoms with E-state index in [1.165, 1.54) is 24.3 Å². The van der Waals surface area contributed by atoms with Crippen LogP contribution in [0, 0.1) is 12.7 Å². The molecular weight excluding hydrogens is 317 g/mol. The molecule has 0 unspecified atom stereocenters. The summed E-state index contributed by atoms with van der Waals surface area (Å²) in [5.41, 5.74) is 6.07. The van der Waals surface area contributed by atoms with Crippen LogP contribution in [0.15, 0.2) is 53.6 Å². The zero-order valence-electron chi connectivity index (χ0n) is 14.5. The first-order valence-corrected chi connectivity index (χ1v) is 8.17. The summed E-state index contributed by atoms with van der Waals surface area (Å²) in [7, 11) is 0. The lowest BCUT2D eigenvalue weighted by atomic mass is 10.1. The summed E-state index contributed by atoms with van der Waals surface area (Å²) in [6, 6.07) is 13.8. The fourth-order valence-electron chi connectivity index (χ4n) is 3.07. The fourth-order valence-corrected chi connectivity index (χ4v) is 3.07. The minimum Gasteiger partial charge on any atom is -0.342 e. The third-order valence-electron chi connectivity index (χ3n) is 4.19. The molecule has 0 aliphatic heterocycles. The van der Waals surface area contributed by atoms with Gasteiger partial charge in [0.15, 0.2) is 0 Å². The number of rotatable bonds is 4. The first-order chi connectivity index (χ1) is 12.0. The summed E-state index contributed by atoms with van der Waals surface area (Å²) < 4.78 is 15.2. The highest BCUT2D eigenvalue weighted by Crippen LogP contribution is 2.27. The van der Waals surface area contributed by atoms with Gasteiger partial charge in [-0.15, -0.1) is 0 Å². The average Bonchev–Trinajstić information content (AvgIpc) is 2.87. The summed E-state index contributed by atoms with van der Waals surface area (Å²) in [5.74, 6) is -0.751. The smallest absolute Gasteiger partial charge is 0.271 e. The van der Waals surface area contributed by atoms with Gasteiger partial charge in [0.05, 0.1) is 6.21 Å². The summed E-state index contributed by atoms with van der Waals surface area (Å²) in [6.07, 6.45) is 1.66. The number of hydrogen-bond donors (Lipinski definition) is 1. The van der Waals surface area contributed by atoms with Gasteiger partial charge in [-0.3, -0.25) is 4.79 Å². The van der Waals surface area contributed by atoms with E-state index in [9.17, 15) is 9.18 Å². The third kappa shape index (κ3) is 3.31. The maximum atomic E-state index is 12.9. The van der Waals surface area contributed by atoms with Crippen molar-refractivity contribution in [3.05, 3.63) is 71.2 Å². The number of carbonyl (C=O) groups is 1. The highest BCUT2D eigenvalue weighted by molar-refractivity contribution is 6.02. The molecule has 3 aromatic rings. The number of nitrogens with one attached hydrogen (secondary N) is 1. The molecule has 0 radical (unpaired) electrons. The molecule has 128 valence electrons. The fraction of sp³-hybridized carbons (Fsp3) is 0.200. The van der Waals surface area contributed by atoms with Gasteiger partial charge in [-0.25, -0.2) is 9.82 Å². The van der Waals surface area contributed by atoms with Crippen molar-refractivity contribution in [2.24, 2.45) is 5.10 Å². The van der Waals surface area contributed by atoms with Crippen LogP contribution in [0.3, 0.4) is 0 Å². The second-order valence-electron chi connectivity index (χ2n) is 6.19. The highest BCUT2D eigenvalue weighted by Gasteiger charge is 2.14. The van der Waals surface area contributed by atoms with E-state index in [1.807, 2.05) is 25.1 Å². The van der Waals surface area contributed by atoms with Crippen LogP contribution in [-0.4, -0.2) is 16.7 Å². The van der Waals surface area contributed by atoms with Gasteiger partial charge in [0.2, 0.25) is 0 Å². The van der Waals surface area contributed by atoms with Crippen molar-refractivity contribution in [2.45, 2.75) is 26.8 Å². The lowest BCUT2D eigenvalue weighted by Gasteiger charge is -2.12. The molecule has 5 heteroatoms. The van der Waals surface area contributed by atoms with Crippen LogP contribution in [0.1, 0.15) is 41.5 Å². The maximum Gasteiger partial charge on any atom is 0.271 e. The zero-order chi connectivity index (χ0) is 18.0. The third-order valence-corrected chi connectivity index (χ3v) is 4.19. The van der Waals surface area contributed by atoms with Gasteiger partial charge < -0.3 is 4.57 Å². The molecule has 25 heavy (non-hydrogen) atoms. The maximum absolute atomic E-state index is 12.9. The minimum absolute atomic E-state index is 0.320. The van der Waals surface area contributed by atoms with Crippen LogP contribution in [0.25, 0.3) is 10.9 Å². The number of hydrazone groups is 1. The predicted octanol–water partition coefficient (Wildman–Crippen LogP) is 4.43. The van der Waals surface area contributed by atoms with Crippen molar-refractivity contribution in [3.63, 3.8) is 0 Å². The van der Waals surface area contributed by atoms with Gasteiger partial charge in [-0.05, 0) is 51.1 Å². The molecule has 0 saturated heterocycles. The van der Waals surface area contributed by atoms with Crippen molar-refractivity contribution in [3.8, 4) is 0 Å². The average molecular weight is 337 g/mol. The van der Waals surface area contributed by atoms with Crippen molar-refractivity contribution < 1.29 is 9.18 Å². The zero-order valence-corrected chi connectivity index (χ0v) is 14.5. The molecular formula is C20H20FN3O. The van der Waals surface area contributed by atoms with Crippen LogP contribution < -0.4 is 5.43 Å². The Hall–Kier alpha value is -2.95. The lowest BCUT2D eigenvalue weighted by Crippen LogP contribution is -2.17. The van der Waals surface area contributed by atoms with E-state index in [1.54, 1.807) is 6.21 Å². The van der Waals surface area contributed by atoms with E-state index in [0.717, 1.165) is 22.2 Å². The molecule has 2 aromatic carbocycles. The Bertz CT molecular complexity index is 939. The Balaban J connectivity index is 1.88. The van der Waals surface area contributed by atoms with Crippen LogP contribution >= 0.6 is 0 Å². The molecule has 0 saturated carbocycles. The molecule has 1 heterocycles. The van der Waals surface area contributed by atoms with Crippen LogP contribution in [-0.2, 0) is 0 Å². The first-order valence-electron chi connectivity index (χ1n) is 8.17. The first kappa shape index (κ1) is 16.9. The Labute approximate surface area is 146 Å². The van der Waals surface area contributed by atoms with Gasteiger partial charge in [0.25, 0.3) is 5.91 Å². The monoisotopic (exact) mass is 337 g/mol. The highest BCUT2D eigenvalue weighted by atomic mass is 19.1. The molecule has 1 N–H and O–H groups in total. The molecule has 0 fully saturated rings. The second kappa shape index (κ2) is 6.89. The second-order valence-corrected chi connectivity index (χ2v) is 6.19. The Morgan fingerprint density at radius 1 is 1.16 bits per heavy atom. The number of halogens is 1. The summed E-state index contributed by atoms with van der Waals surface area (Å²) in [4.78, 5) is 12.1. The molecule has 0 aliphatic carbocycles. The van der Waals surface area contributed by atoms with Gasteiger partial charge in [0, 0.05) is 33.8 Å². The standard InChI is InChI=1S/C20H20FN3O/c1-13(2)24-14(3)18(17-6-4-5-7-19(17)24)12-22-23-20(25)15-8-10-16(21)11-9-15/h4-13H,1-3H3,(H,23,25)/b22-12-. The van der Waals surface area contributed by atoms with E-state index in [-0.39, 0.29) is 11.7 Å². The van der Waals surface area contributed by atoms with E-state index in [2.05, 4.69) is 35.0 Å². The van der Waals surface area contributed by atoms with E-state index < -0.39 is 0 Å². The lowest BCUT2D eigenvalue weighted by molar-refractivity contribution is 0.0955. The SMILES string of the molecule is Cc1c(/C=N\NC(=O)c2ccc(F)cc2)c2ccccc2n1C(C)C. The number of para-hydroxylation sites is 1. The molecule has 4 nitrogen and oxygen atoms in total. The molecule has 1 aromatic heterocycles. The molecule has 0 atom stereocenters. The van der Waals surface area contributed by atoms with Crippen LogP contribution in [0.5, 0.6) is 0 Å². The van der Waals surface area contributed by atoms with Gasteiger partial charge >= 0.3 is 0 Å². The Morgan fingerprint density at radius 2 is 1.84 bits per heavy atom. The molecule has 0 bridgehead atoms. The van der Waals surface area contributed by atoms with E-state index in [0.29, 0.717) is 11.6 Å². The molecule has 3 rings (SSSR count). The Kier molecular flexibility index (Phi) is 4.65. The molecule has 0 spiro atoms. The normalized spacial score (nSPS) is 11.6. The molecule has 1 amide bonds. The number of carbonyl (C=O) groups excluding carboxylic acids is 1. The number of nitrogens with zero attached hydrogens (tertiary/aromatic N) is 2. The number of hydrogen-bond acceptors (Lipinski definition) is 2.